The molecule has 0 aliphatic rings. The quantitative estimate of drug-likeness (QED) is 0.659. The first-order valence-electron chi connectivity index (χ1n) is 3.84. The summed E-state index contributed by atoms with van der Waals surface area (Å²) in [7, 11) is 0. The van der Waals surface area contributed by atoms with E-state index in [9.17, 15) is 5.11 Å². The van der Waals surface area contributed by atoms with Crippen LogP contribution < -0.4 is 0 Å². The number of rotatable bonds is 2. The SMILES string of the molecule is CC=C(O)Cc1ccc(O)cc1. The van der Waals surface area contributed by atoms with Crippen molar-refractivity contribution in [3.05, 3.63) is 41.7 Å². The highest BCUT2D eigenvalue weighted by atomic mass is 16.3. The second-order valence-electron chi connectivity index (χ2n) is 2.62. The highest BCUT2D eigenvalue weighted by Crippen LogP contribution is 2.11. The normalized spacial score (nSPS) is 11.6. The third-order valence-corrected chi connectivity index (χ3v) is 1.65. The molecule has 1 rings (SSSR count). The molecule has 0 radical (unpaired) electrons. The molecule has 1 aromatic carbocycles. The fourth-order valence-corrected chi connectivity index (χ4v) is 0.925. The van der Waals surface area contributed by atoms with Gasteiger partial charge in [0.05, 0.1) is 5.76 Å². The number of phenols is 1. The third-order valence-electron chi connectivity index (χ3n) is 1.65. The Kier molecular flexibility index (Phi) is 2.75. The minimum absolute atomic E-state index is 0.249. The second-order valence-corrected chi connectivity index (χ2v) is 2.62. The van der Waals surface area contributed by atoms with Crippen molar-refractivity contribution in [1.82, 2.24) is 0 Å². The number of phenolic OH excluding ortho intramolecular Hbond substituents is 1. The van der Waals surface area contributed by atoms with Gasteiger partial charge in [-0.2, -0.15) is 0 Å². The van der Waals surface area contributed by atoms with Gasteiger partial charge in [0.15, 0.2) is 0 Å². The minimum Gasteiger partial charge on any atom is -0.512 e. The number of allylic oxidation sites excluding steroid dienone is 2. The van der Waals surface area contributed by atoms with Crippen LogP contribution in [0.3, 0.4) is 0 Å². The summed E-state index contributed by atoms with van der Waals surface area (Å²) in [5, 5.41) is 18.2. The largest absolute Gasteiger partial charge is 0.512 e. The van der Waals surface area contributed by atoms with E-state index in [1.807, 2.05) is 0 Å². The summed E-state index contributed by atoms with van der Waals surface area (Å²) in [4.78, 5) is 0. The Morgan fingerprint density at radius 2 is 1.92 bits per heavy atom. The van der Waals surface area contributed by atoms with Gasteiger partial charge < -0.3 is 10.2 Å². The summed E-state index contributed by atoms with van der Waals surface area (Å²) in [6, 6.07) is 6.79. The lowest BCUT2D eigenvalue weighted by molar-refractivity contribution is 0.397. The monoisotopic (exact) mass is 164 g/mol. The second kappa shape index (κ2) is 3.81. The van der Waals surface area contributed by atoms with Crippen molar-refractivity contribution < 1.29 is 10.2 Å². The van der Waals surface area contributed by atoms with Crippen molar-refractivity contribution in [2.75, 3.05) is 0 Å². The molecule has 0 fully saturated rings. The first kappa shape index (κ1) is 8.65. The maximum absolute atomic E-state index is 9.18. The molecule has 0 bridgehead atoms. The molecular weight excluding hydrogens is 152 g/mol. The summed E-state index contributed by atoms with van der Waals surface area (Å²) in [6.07, 6.45) is 2.18. The highest BCUT2D eigenvalue weighted by Gasteiger charge is 1.95. The number of hydrogen-bond acceptors (Lipinski definition) is 2. The number of hydrogen-bond donors (Lipinski definition) is 2. The Bertz CT molecular complexity index is 272. The molecule has 2 nitrogen and oxygen atoms in total. The van der Waals surface area contributed by atoms with E-state index in [1.54, 1.807) is 37.3 Å². The lowest BCUT2D eigenvalue weighted by Crippen LogP contribution is -1.87. The maximum Gasteiger partial charge on any atom is 0.115 e. The predicted molar refractivity (Wildman–Crippen MR) is 48.2 cm³/mol. The van der Waals surface area contributed by atoms with Crippen LogP contribution in [0.25, 0.3) is 0 Å². The average Bonchev–Trinajstić information content (AvgIpc) is 2.09. The van der Waals surface area contributed by atoms with Gasteiger partial charge in [0.2, 0.25) is 0 Å². The lowest BCUT2D eigenvalue weighted by Gasteiger charge is -1.99. The van der Waals surface area contributed by atoms with Crippen LogP contribution in [0.15, 0.2) is 36.1 Å². The summed E-state index contributed by atoms with van der Waals surface area (Å²) in [6.45, 7) is 1.79. The van der Waals surface area contributed by atoms with Crippen molar-refractivity contribution in [1.29, 1.82) is 0 Å². The fraction of sp³-hybridized carbons (Fsp3) is 0.200. The van der Waals surface area contributed by atoms with E-state index in [4.69, 9.17) is 5.11 Å². The molecule has 0 saturated carbocycles. The van der Waals surface area contributed by atoms with Gasteiger partial charge >= 0.3 is 0 Å². The van der Waals surface area contributed by atoms with Crippen LogP contribution >= 0.6 is 0 Å². The van der Waals surface area contributed by atoms with Gasteiger partial charge in [-0.3, -0.25) is 0 Å². The first-order chi connectivity index (χ1) is 5.72. The van der Waals surface area contributed by atoms with Crippen LogP contribution in [-0.4, -0.2) is 10.2 Å². The molecule has 1 aromatic rings. The van der Waals surface area contributed by atoms with E-state index in [1.165, 1.54) is 0 Å². The molecule has 0 saturated heterocycles. The number of aliphatic hydroxyl groups excluding tert-OH is 1. The van der Waals surface area contributed by atoms with E-state index in [0.29, 0.717) is 12.2 Å². The van der Waals surface area contributed by atoms with Gasteiger partial charge in [0.25, 0.3) is 0 Å². The van der Waals surface area contributed by atoms with Crippen LogP contribution in [0.2, 0.25) is 0 Å². The van der Waals surface area contributed by atoms with Gasteiger partial charge in [0.1, 0.15) is 5.75 Å². The lowest BCUT2D eigenvalue weighted by atomic mass is 10.1. The molecule has 2 heteroatoms. The Morgan fingerprint density at radius 1 is 1.33 bits per heavy atom. The number of aliphatic hydroxyl groups is 1. The standard InChI is InChI=1S/C10H12O2/c1-2-9(11)7-8-3-5-10(12)6-4-8/h2-6,11-12H,7H2,1H3. The maximum atomic E-state index is 9.18. The smallest absolute Gasteiger partial charge is 0.115 e. The summed E-state index contributed by atoms with van der Waals surface area (Å²) < 4.78 is 0. The molecule has 64 valence electrons. The minimum atomic E-state index is 0.249. The van der Waals surface area contributed by atoms with Crippen molar-refractivity contribution in [3.63, 3.8) is 0 Å². The van der Waals surface area contributed by atoms with Crippen molar-refractivity contribution in [2.45, 2.75) is 13.3 Å². The van der Waals surface area contributed by atoms with Crippen LogP contribution in [0.4, 0.5) is 0 Å². The van der Waals surface area contributed by atoms with Gasteiger partial charge in [-0.1, -0.05) is 12.1 Å². The van der Waals surface area contributed by atoms with Gasteiger partial charge in [-0.15, -0.1) is 0 Å². The molecule has 2 N–H and O–H groups in total. The van der Waals surface area contributed by atoms with E-state index < -0.39 is 0 Å². The predicted octanol–water partition coefficient (Wildman–Crippen LogP) is 2.40. The Hall–Kier alpha value is -1.44. The van der Waals surface area contributed by atoms with Crippen molar-refractivity contribution >= 4 is 0 Å². The molecule has 0 spiro atoms. The van der Waals surface area contributed by atoms with Crippen LogP contribution in [0, 0.1) is 0 Å². The van der Waals surface area contributed by atoms with E-state index >= 15 is 0 Å². The van der Waals surface area contributed by atoms with E-state index in [-0.39, 0.29) is 5.75 Å². The molecular formula is C10H12O2. The average molecular weight is 164 g/mol. The molecule has 0 unspecified atom stereocenters. The Balaban J connectivity index is 2.71. The summed E-state index contributed by atoms with van der Waals surface area (Å²) >= 11 is 0. The molecule has 0 atom stereocenters. The zero-order chi connectivity index (χ0) is 8.97. The van der Waals surface area contributed by atoms with Crippen LogP contribution in [-0.2, 0) is 6.42 Å². The van der Waals surface area contributed by atoms with Crippen LogP contribution in [0.1, 0.15) is 12.5 Å². The van der Waals surface area contributed by atoms with Gasteiger partial charge in [-0.25, -0.2) is 0 Å². The fourth-order valence-electron chi connectivity index (χ4n) is 0.925. The van der Waals surface area contributed by atoms with Crippen LogP contribution in [0.5, 0.6) is 5.75 Å². The Morgan fingerprint density at radius 3 is 2.42 bits per heavy atom. The number of benzene rings is 1. The zero-order valence-electron chi connectivity index (χ0n) is 6.99. The van der Waals surface area contributed by atoms with E-state index in [2.05, 4.69) is 0 Å². The molecule has 12 heavy (non-hydrogen) atoms. The molecule has 0 aliphatic heterocycles. The number of aromatic hydroxyl groups is 1. The Labute approximate surface area is 71.8 Å². The molecule has 0 heterocycles. The molecule has 0 aromatic heterocycles. The summed E-state index contributed by atoms with van der Waals surface area (Å²) in [5.41, 5.74) is 0.989. The zero-order valence-corrected chi connectivity index (χ0v) is 6.99. The van der Waals surface area contributed by atoms with Gasteiger partial charge in [0, 0.05) is 6.42 Å². The topological polar surface area (TPSA) is 40.5 Å². The van der Waals surface area contributed by atoms with Crippen molar-refractivity contribution in [3.8, 4) is 5.75 Å². The van der Waals surface area contributed by atoms with E-state index in [0.717, 1.165) is 5.56 Å². The third kappa shape index (κ3) is 2.31. The molecule has 0 amide bonds. The van der Waals surface area contributed by atoms with Crippen molar-refractivity contribution in [2.24, 2.45) is 0 Å². The molecule has 0 aliphatic carbocycles. The van der Waals surface area contributed by atoms with Gasteiger partial charge in [-0.05, 0) is 30.7 Å². The highest BCUT2D eigenvalue weighted by molar-refractivity contribution is 5.27. The summed E-state index contributed by atoms with van der Waals surface area (Å²) in [5.74, 6) is 0.597. The first-order valence-corrected chi connectivity index (χ1v) is 3.84.